The third-order valence-corrected chi connectivity index (χ3v) is 6.17. The molecule has 4 unspecified atom stereocenters. The second-order valence-electron chi connectivity index (χ2n) is 7.77. The summed E-state index contributed by atoms with van der Waals surface area (Å²) in [7, 11) is 0. The molecule has 1 amide bonds. The molecule has 18 heavy (non-hydrogen) atoms. The number of hydrogen-bond acceptors (Lipinski definition) is 1. The molecule has 3 rings (SSSR count). The monoisotopic (exact) mass is 251 g/mol. The van der Waals surface area contributed by atoms with E-state index in [0.29, 0.717) is 17.4 Å². The van der Waals surface area contributed by atoms with Crippen LogP contribution in [-0.2, 0) is 4.79 Å². The standard InChI is InChI=1S/C16H29NO/c1-7-15(3,4)14(18)17-13-9-11-8-12(10(13)2)16(11,5)6/h10-13H,7-9H2,1-6H3,(H,17,18). The third-order valence-electron chi connectivity index (χ3n) is 6.17. The summed E-state index contributed by atoms with van der Waals surface area (Å²) in [6, 6.07) is 0.403. The van der Waals surface area contributed by atoms with E-state index in [-0.39, 0.29) is 11.3 Å². The second kappa shape index (κ2) is 4.25. The Hall–Kier alpha value is -0.530. The minimum atomic E-state index is -0.225. The Balaban J connectivity index is 1.99. The van der Waals surface area contributed by atoms with Gasteiger partial charge in [-0.25, -0.2) is 0 Å². The highest BCUT2D eigenvalue weighted by atomic mass is 16.2. The van der Waals surface area contributed by atoms with Crippen molar-refractivity contribution in [1.29, 1.82) is 0 Å². The Labute approximate surface area is 112 Å². The van der Waals surface area contributed by atoms with Crippen LogP contribution in [0, 0.1) is 28.6 Å². The number of fused-ring (bicyclic) bond motifs is 2. The van der Waals surface area contributed by atoms with Crippen molar-refractivity contribution in [1.82, 2.24) is 5.32 Å². The molecule has 2 bridgehead atoms. The molecule has 3 aliphatic carbocycles. The van der Waals surface area contributed by atoms with Crippen molar-refractivity contribution < 1.29 is 4.79 Å². The number of rotatable bonds is 3. The average molecular weight is 251 g/mol. The number of nitrogens with one attached hydrogen (secondary N) is 1. The van der Waals surface area contributed by atoms with Crippen LogP contribution >= 0.6 is 0 Å². The quantitative estimate of drug-likeness (QED) is 0.815. The summed E-state index contributed by atoms with van der Waals surface area (Å²) in [5.74, 6) is 2.47. The van der Waals surface area contributed by atoms with Crippen LogP contribution in [0.15, 0.2) is 0 Å². The van der Waals surface area contributed by atoms with Gasteiger partial charge >= 0.3 is 0 Å². The lowest BCUT2D eigenvalue weighted by atomic mass is 9.44. The van der Waals surface area contributed by atoms with Gasteiger partial charge in [0.05, 0.1) is 0 Å². The first-order valence-electron chi connectivity index (χ1n) is 7.51. The SMILES string of the molecule is CCC(C)(C)C(=O)NC1CC2CC(C1C)C2(C)C. The lowest BCUT2D eigenvalue weighted by molar-refractivity contribution is -0.140. The summed E-state index contributed by atoms with van der Waals surface area (Å²) in [5, 5.41) is 3.32. The molecule has 0 aromatic rings. The second-order valence-corrected chi connectivity index (χ2v) is 7.77. The summed E-state index contributed by atoms with van der Waals surface area (Å²) in [4.78, 5) is 12.3. The number of carbonyl (C=O) groups excluding carboxylic acids is 1. The van der Waals surface area contributed by atoms with Gasteiger partial charge in [-0.05, 0) is 42.4 Å². The van der Waals surface area contributed by atoms with Crippen molar-refractivity contribution in [3.63, 3.8) is 0 Å². The Morgan fingerprint density at radius 1 is 1.33 bits per heavy atom. The van der Waals surface area contributed by atoms with Crippen molar-refractivity contribution in [2.75, 3.05) is 0 Å². The summed E-state index contributed by atoms with van der Waals surface area (Å²) in [5.41, 5.74) is 0.276. The van der Waals surface area contributed by atoms with E-state index in [2.05, 4.69) is 33.0 Å². The molecule has 0 aliphatic heterocycles. The largest absolute Gasteiger partial charge is 0.353 e. The summed E-state index contributed by atoms with van der Waals surface area (Å²) >= 11 is 0. The van der Waals surface area contributed by atoms with Gasteiger partial charge in [0.2, 0.25) is 5.91 Å². The van der Waals surface area contributed by atoms with Gasteiger partial charge in [0.1, 0.15) is 0 Å². The highest BCUT2D eigenvalue weighted by molar-refractivity contribution is 5.82. The molecule has 0 aromatic carbocycles. The molecule has 0 radical (unpaired) electrons. The van der Waals surface area contributed by atoms with Gasteiger partial charge in [-0.2, -0.15) is 0 Å². The van der Waals surface area contributed by atoms with E-state index < -0.39 is 0 Å². The van der Waals surface area contributed by atoms with Crippen molar-refractivity contribution in [3.05, 3.63) is 0 Å². The lowest BCUT2D eigenvalue weighted by Crippen LogP contribution is -2.61. The van der Waals surface area contributed by atoms with Gasteiger partial charge in [-0.15, -0.1) is 0 Å². The molecule has 0 saturated heterocycles. The summed E-state index contributed by atoms with van der Waals surface area (Å²) < 4.78 is 0. The first-order valence-corrected chi connectivity index (χ1v) is 7.51. The highest BCUT2D eigenvalue weighted by Gasteiger charge is 2.56. The smallest absolute Gasteiger partial charge is 0.225 e. The van der Waals surface area contributed by atoms with Crippen LogP contribution in [0.5, 0.6) is 0 Å². The summed E-state index contributed by atoms with van der Waals surface area (Å²) in [6.45, 7) is 13.3. The fourth-order valence-electron chi connectivity index (χ4n) is 3.86. The minimum Gasteiger partial charge on any atom is -0.353 e. The molecule has 0 spiro atoms. The lowest BCUT2D eigenvalue weighted by Gasteiger charge is -2.62. The van der Waals surface area contributed by atoms with Crippen LogP contribution in [0.1, 0.15) is 60.8 Å². The van der Waals surface area contributed by atoms with Crippen molar-refractivity contribution in [3.8, 4) is 0 Å². The normalized spacial score (nSPS) is 37.9. The minimum absolute atomic E-state index is 0.225. The molecule has 3 saturated carbocycles. The molecule has 0 aromatic heterocycles. The molecular weight excluding hydrogens is 222 g/mol. The maximum atomic E-state index is 12.3. The zero-order valence-corrected chi connectivity index (χ0v) is 12.8. The van der Waals surface area contributed by atoms with Crippen LogP contribution < -0.4 is 5.32 Å². The van der Waals surface area contributed by atoms with Gasteiger partial charge in [-0.3, -0.25) is 4.79 Å². The van der Waals surface area contributed by atoms with E-state index in [4.69, 9.17) is 0 Å². The number of hydrogen-bond donors (Lipinski definition) is 1. The molecule has 1 N–H and O–H groups in total. The van der Waals surface area contributed by atoms with E-state index in [0.717, 1.165) is 18.3 Å². The van der Waals surface area contributed by atoms with Crippen molar-refractivity contribution >= 4 is 5.91 Å². The third kappa shape index (κ3) is 1.98. The maximum absolute atomic E-state index is 12.3. The van der Waals surface area contributed by atoms with Crippen LogP contribution in [-0.4, -0.2) is 11.9 Å². The zero-order valence-electron chi connectivity index (χ0n) is 12.8. The molecule has 3 fully saturated rings. The van der Waals surface area contributed by atoms with Gasteiger partial charge in [0, 0.05) is 11.5 Å². The molecule has 104 valence electrons. The van der Waals surface area contributed by atoms with Crippen LogP contribution in [0.25, 0.3) is 0 Å². The topological polar surface area (TPSA) is 29.1 Å². The average Bonchev–Trinajstić information content (AvgIpc) is 2.30. The molecule has 2 nitrogen and oxygen atoms in total. The predicted octanol–water partition coefficient (Wildman–Crippen LogP) is 3.61. The summed E-state index contributed by atoms with van der Waals surface area (Å²) in [6.07, 6.45) is 3.45. The van der Waals surface area contributed by atoms with Crippen LogP contribution in [0.3, 0.4) is 0 Å². The van der Waals surface area contributed by atoms with Crippen molar-refractivity contribution in [2.24, 2.45) is 28.6 Å². The Bertz CT molecular complexity index is 345. The molecule has 3 aliphatic rings. The Kier molecular flexibility index (Phi) is 3.28. The van der Waals surface area contributed by atoms with Gasteiger partial charge in [-0.1, -0.05) is 41.5 Å². The van der Waals surface area contributed by atoms with Gasteiger partial charge < -0.3 is 5.32 Å². The highest BCUT2D eigenvalue weighted by Crippen LogP contribution is 2.61. The molecule has 4 atom stereocenters. The van der Waals surface area contributed by atoms with Crippen molar-refractivity contribution in [2.45, 2.75) is 66.8 Å². The van der Waals surface area contributed by atoms with E-state index in [1.807, 2.05) is 13.8 Å². The van der Waals surface area contributed by atoms with Gasteiger partial charge in [0.15, 0.2) is 0 Å². The first kappa shape index (κ1) is 13.9. The predicted molar refractivity (Wildman–Crippen MR) is 75.2 cm³/mol. The van der Waals surface area contributed by atoms with Crippen LogP contribution in [0.2, 0.25) is 0 Å². The fraction of sp³-hybridized carbons (Fsp3) is 0.938. The Morgan fingerprint density at radius 2 is 1.94 bits per heavy atom. The zero-order chi connectivity index (χ0) is 13.7. The van der Waals surface area contributed by atoms with E-state index in [1.165, 1.54) is 12.8 Å². The van der Waals surface area contributed by atoms with E-state index in [1.54, 1.807) is 0 Å². The van der Waals surface area contributed by atoms with Gasteiger partial charge in [0.25, 0.3) is 0 Å². The maximum Gasteiger partial charge on any atom is 0.225 e. The Morgan fingerprint density at radius 3 is 2.39 bits per heavy atom. The van der Waals surface area contributed by atoms with E-state index in [9.17, 15) is 4.79 Å². The molecule has 0 heterocycles. The van der Waals surface area contributed by atoms with Crippen LogP contribution in [0.4, 0.5) is 0 Å². The molecule has 2 heteroatoms. The molecular formula is C16H29NO. The number of amides is 1. The number of carbonyl (C=O) groups is 1. The fourth-order valence-corrected chi connectivity index (χ4v) is 3.86. The first-order chi connectivity index (χ1) is 8.20. The van der Waals surface area contributed by atoms with E-state index >= 15 is 0 Å².